The van der Waals surface area contributed by atoms with Crippen molar-refractivity contribution in [2.24, 2.45) is 5.41 Å². The van der Waals surface area contributed by atoms with Gasteiger partial charge in [0.2, 0.25) is 0 Å². The summed E-state index contributed by atoms with van der Waals surface area (Å²) < 4.78 is 0. The number of carbonyl (C=O) groups excluding carboxylic acids is 1. The Morgan fingerprint density at radius 3 is 2.61 bits per heavy atom. The zero-order valence-electron chi connectivity index (χ0n) is 10.3. The van der Waals surface area contributed by atoms with Crippen LogP contribution in [0.3, 0.4) is 0 Å². The minimum Gasteiger partial charge on any atom is -0.396 e. The minimum atomic E-state index is -0.166. The second-order valence-corrected chi connectivity index (χ2v) is 5.43. The number of amides is 1. The van der Waals surface area contributed by atoms with E-state index in [-0.39, 0.29) is 17.9 Å². The molecule has 0 aromatic heterocycles. The number of halogens is 1. The molecule has 1 aromatic rings. The Morgan fingerprint density at radius 2 is 2.00 bits per heavy atom. The van der Waals surface area contributed by atoms with Gasteiger partial charge >= 0.3 is 0 Å². The van der Waals surface area contributed by atoms with Crippen LogP contribution in [-0.2, 0) is 0 Å². The third-order valence-electron chi connectivity index (χ3n) is 3.74. The molecule has 1 aliphatic carbocycles. The maximum Gasteiger partial charge on any atom is 0.252 e. The summed E-state index contributed by atoms with van der Waals surface area (Å²) in [6.07, 6.45) is 4.21. The largest absolute Gasteiger partial charge is 0.396 e. The summed E-state index contributed by atoms with van der Waals surface area (Å²) in [5.41, 5.74) is 0.363. The van der Waals surface area contributed by atoms with Crippen LogP contribution >= 0.6 is 11.6 Å². The van der Waals surface area contributed by atoms with Crippen molar-refractivity contribution >= 4 is 17.5 Å². The van der Waals surface area contributed by atoms with E-state index in [4.69, 9.17) is 11.6 Å². The van der Waals surface area contributed by atoms with E-state index >= 15 is 0 Å². The summed E-state index contributed by atoms with van der Waals surface area (Å²) >= 11 is 5.97. The van der Waals surface area contributed by atoms with Crippen molar-refractivity contribution in [3.63, 3.8) is 0 Å². The predicted molar refractivity (Wildman–Crippen MR) is 71.8 cm³/mol. The van der Waals surface area contributed by atoms with E-state index in [9.17, 15) is 9.90 Å². The molecule has 1 saturated carbocycles. The summed E-state index contributed by atoms with van der Waals surface area (Å²) in [5.74, 6) is -0.166. The first kappa shape index (κ1) is 13.4. The first-order chi connectivity index (χ1) is 8.67. The smallest absolute Gasteiger partial charge is 0.252 e. The highest BCUT2D eigenvalue weighted by Gasteiger charge is 2.33. The zero-order valence-corrected chi connectivity index (χ0v) is 11.0. The van der Waals surface area contributed by atoms with Gasteiger partial charge in [0, 0.05) is 12.0 Å². The molecule has 18 heavy (non-hydrogen) atoms. The summed E-state index contributed by atoms with van der Waals surface area (Å²) in [6, 6.07) is 7.00. The molecule has 1 aliphatic rings. The van der Waals surface area contributed by atoms with Gasteiger partial charge in [0.05, 0.1) is 17.2 Å². The van der Waals surface area contributed by atoms with Crippen molar-refractivity contribution in [2.45, 2.75) is 25.7 Å². The molecule has 2 rings (SSSR count). The number of nitrogens with one attached hydrogen (secondary N) is 1. The molecule has 0 radical (unpaired) electrons. The van der Waals surface area contributed by atoms with Crippen LogP contribution in [0.15, 0.2) is 24.3 Å². The molecular weight excluding hydrogens is 250 g/mol. The maximum atomic E-state index is 12.0. The van der Waals surface area contributed by atoms with Gasteiger partial charge in [0.15, 0.2) is 0 Å². The molecule has 0 unspecified atom stereocenters. The van der Waals surface area contributed by atoms with Gasteiger partial charge < -0.3 is 10.4 Å². The molecule has 0 bridgehead atoms. The van der Waals surface area contributed by atoms with E-state index in [2.05, 4.69) is 5.32 Å². The van der Waals surface area contributed by atoms with Crippen LogP contribution in [-0.4, -0.2) is 24.2 Å². The molecule has 0 aliphatic heterocycles. The molecule has 1 amide bonds. The standard InChI is InChI=1S/C14H18ClNO2/c15-12-6-2-1-5-11(12)13(18)16-9-14(10-17)7-3-4-8-14/h1-2,5-6,17H,3-4,7-10H2,(H,16,18). The molecule has 2 N–H and O–H groups in total. The van der Waals surface area contributed by atoms with E-state index in [0.29, 0.717) is 17.1 Å². The van der Waals surface area contributed by atoms with Crippen molar-refractivity contribution in [3.05, 3.63) is 34.9 Å². The van der Waals surface area contributed by atoms with Crippen molar-refractivity contribution in [1.82, 2.24) is 5.32 Å². The lowest BCUT2D eigenvalue weighted by Gasteiger charge is -2.26. The lowest BCUT2D eigenvalue weighted by Crippen LogP contribution is -2.38. The molecular formula is C14H18ClNO2. The van der Waals surface area contributed by atoms with E-state index in [1.54, 1.807) is 24.3 Å². The topological polar surface area (TPSA) is 49.3 Å². The van der Waals surface area contributed by atoms with Crippen LogP contribution in [0.2, 0.25) is 5.02 Å². The van der Waals surface area contributed by atoms with Gasteiger partial charge in [-0.15, -0.1) is 0 Å². The fraction of sp³-hybridized carbons (Fsp3) is 0.500. The van der Waals surface area contributed by atoms with Crippen molar-refractivity contribution in [3.8, 4) is 0 Å². The van der Waals surface area contributed by atoms with Gasteiger partial charge in [-0.3, -0.25) is 4.79 Å². The van der Waals surface area contributed by atoms with Crippen LogP contribution in [0, 0.1) is 5.41 Å². The molecule has 0 saturated heterocycles. The van der Waals surface area contributed by atoms with E-state index in [0.717, 1.165) is 25.7 Å². The zero-order chi connectivity index (χ0) is 13.0. The molecule has 98 valence electrons. The number of benzene rings is 1. The highest BCUT2D eigenvalue weighted by molar-refractivity contribution is 6.33. The quantitative estimate of drug-likeness (QED) is 0.881. The lowest BCUT2D eigenvalue weighted by molar-refractivity contribution is 0.0881. The predicted octanol–water partition coefficient (Wildman–Crippen LogP) is 2.62. The Morgan fingerprint density at radius 1 is 1.33 bits per heavy atom. The van der Waals surface area contributed by atoms with Gasteiger partial charge in [-0.1, -0.05) is 36.6 Å². The summed E-state index contributed by atoms with van der Waals surface area (Å²) in [6.45, 7) is 0.656. The van der Waals surface area contributed by atoms with E-state index in [1.165, 1.54) is 0 Å². The van der Waals surface area contributed by atoms with Gasteiger partial charge in [0.1, 0.15) is 0 Å². The number of aliphatic hydroxyl groups is 1. The Kier molecular flexibility index (Phi) is 4.25. The maximum absolute atomic E-state index is 12.0. The summed E-state index contributed by atoms with van der Waals surface area (Å²) in [7, 11) is 0. The number of hydrogen-bond donors (Lipinski definition) is 2. The Balaban J connectivity index is 1.98. The van der Waals surface area contributed by atoms with Crippen LogP contribution < -0.4 is 5.32 Å². The average Bonchev–Trinajstić information content (AvgIpc) is 2.86. The molecule has 3 nitrogen and oxygen atoms in total. The second kappa shape index (κ2) is 5.72. The van der Waals surface area contributed by atoms with Crippen molar-refractivity contribution in [2.75, 3.05) is 13.2 Å². The number of carbonyl (C=O) groups is 1. The third kappa shape index (κ3) is 2.85. The molecule has 0 spiro atoms. The molecule has 1 fully saturated rings. The third-order valence-corrected chi connectivity index (χ3v) is 4.07. The molecule has 0 atom stereocenters. The fourth-order valence-electron chi connectivity index (χ4n) is 2.52. The monoisotopic (exact) mass is 267 g/mol. The van der Waals surface area contributed by atoms with Crippen LogP contribution in [0.4, 0.5) is 0 Å². The van der Waals surface area contributed by atoms with Crippen LogP contribution in [0.1, 0.15) is 36.0 Å². The number of aliphatic hydroxyl groups excluding tert-OH is 1. The second-order valence-electron chi connectivity index (χ2n) is 5.03. The molecule has 0 heterocycles. The number of rotatable bonds is 4. The molecule has 1 aromatic carbocycles. The van der Waals surface area contributed by atoms with Gasteiger partial charge in [-0.25, -0.2) is 0 Å². The van der Waals surface area contributed by atoms with Crippen molar-refractivity contribution in [1.29, 1.82) is 0 Å². The Labute approximate surface area is 112 Å². The minimum absolute atomic E-state index is 0.128. The number of hydrogen-bond acceptors (Lipinski definition) is 2. The van der Waals surface area contributed by atoms with Gasteiger partial charge in [-0.05, 0) is 25.0 Å². The molecule has 4 heteroatoms. The normalized spacial score (nSPS) is 17.7. The highest BCUT2D eigenvalue weighted by atomic mass is 35.5. The fourth-order valence-corrected chi connectivity index (χ4v) is 2.75. The first-order valence-corrected chi connectivity index (χ1v) is 6.68. The van der Waals surface area contributed by atoms with Gasteiger partial charge in [0.25, 0.3) is 5.91 Å². The SMILES string of the molecule is O=C(NCC1(CO)CCCC1)c1ccccc1Cl. The lowest BCUT2D eigenvalue weighted by atomic mass is 9.87. The highest BCUT2D eigenvalue weighted by Crippen LogP contribution is 2.36. The first-order valence-electron chi connectivity index (χ1n) is 6.30. The summed E-state index contributed by atoms with van der Waals surface area (Å²) in [5, 5.41) is 12.8. The van der Waals surface area contributed by atoms with Crippen LogP contribution in [0.5, 0.6) is 0 Å². The Bertz CT molecular complexity index is 428. The summed E-state index contributed by atoms with van der Waals surface area (Å²) in [4.78, 5) is 12.0. The van der Waals surface area contributed by atoms with E-state index < -0.39 is 0 Å². The average molecular weight is 268 g/mol. The van der Waals surface area contributed by atoms with Crippen molar-refractivity contribution < 1.29 is 9.90 Å². The van der Waals surface area contributed by atoms with Gasteiger partial charge in [-0.2, -0.15) is 0 Å². The van der Waals surface area contributed by atoms with E-state index in [1.807, 2.05) is 0 Å². The Hall–Kier alpha value is -1.06. The van der Waals surface area contributed by atoms with Crippen LogP contribution in [0.25, 0.3) is 0 Å².